The maximum absolute atomic E-state index is 11.5. The number of hydrogen-bond donors (Lipinski definition) is 2. The van der Waals surface area contributed by atoms with Crippen LogP contribution in [0.5, 0.6) is 0 Å². The lowest BCUT2D eigenvalue weighted by atomic mass is 10.3. The molecule has 0 bridgehead atoms. The number of aromatic amines is 1. The van der Waals surface area contributed by atoms with Crippen LogP contribution in [-0.4, -0.2) is 41.0 Å². The molecular formula is C14H24N4O. The monoisotopic (exact) mass is 264 g/mol. The molecule has 1 aliphatic carbocycles. The van der Waals surface area contributed by atoms with Gasteiger partial charge in [0.05, 0.1) is 0 Å². The normalized spacial score (nSPS) is 15.2. The van der Waals surface area contributed by atoms with Crippen molar-refractivity contribution in [3.63, 3.8) is 0 Å². The van der Waals surface area contributed by atoms with E-state index >= 15 is 0 Å². The van der Waals surface area contributed by atoms with Gasteiger partial charge < -0.3 is 15.2 Å². The van der Waals surface area contributed by atoms with E-state index in [0.29, 0.717) is 17.8 Å². The Morgan fingerprint density at radius 1 is 1.53 bits per heavy atom. The number of nitrogens with one attached hydrogen (secondary N) is 2. The van der Waals surface area contributed by atoms with Gasteiger partial charge in [-0.25, -0.2) is 4.98 Å². The van der Waals surface area contributed by atoms with Crippen molar-refractivity contribution in [3.05, 3.63) is 22.2 Å². The molecule has 2 N–H and O–H groups in total. The highest BCUT2D eigenvalue weighted by atomic mass is 16.1. The molecule has 0 aliphatic heterocycles. The Morgan fingerprint density at radius 2 is 2.26 bits per heavy atom. The number of H-pyrrole nitrogens is 1. The Labute approximate surface area is 114 Å². The van der Waals surface area contributed by atoms with Crippen LogP contribution in [0.25, 0.3) is 0 Å². The van der Waals surface area contributed by atoms with Crippen LogP contribution in [-0.2, 0) is 0 Å². The maximum atomic E-state index is 11.5. The summed E-state index contributed by atoms with van der Waals surface area (Å²) >= 11 is 0. The van der Waals surface area contributed by atoms with E-state index < -0.39 is 0 Å². The number of hydrogen-bond acceptors (Lipinski definition) is 4. The van der Waals surface area contributed by atoms with E-state index in [-0.39, 0.29) is 5.56 Å². The molecule has 19 heavy (non-hydrogen) atoms. The Bertz CT molecular complexity index is 465. The fraction of sp³-hybridized carbons (Fsp3) is 0.714. The third-order valence-corrected chi connectivity index (χ3v) is 3.60. The number of anilines is 1. The largest absolute Gasteiger partial charge is 0.370 e. The molecule has 5 nitrogen and oxygen atoms in total. The van der Waals surface area contributed by atoms with Gasteiger partial charge in [0.25, 0.3) is 5.56 Å². The van der Waals surface area contributed by atoms with Gasteiger partial charge in [0, 0.05) is 24.6 Å². The summed E-state index contributed by atoms with van der Waals surface area (Å²) in [5.41, 5.74) is -0.0568. The van der Waals surface area contributed by atoms with E-state index in [9.17, 15) is 4.79 Å². The first-order chi connectivity index (χ1) is 9.06. The minimum Gasteiger partial charge on any atom is -0.370 e. The van der Waals surface area contributed by atoms with Gasteiger partial charge in [-0.15, -0.1) is 0 Å². The van der Waals surface area contributed by atoms with Crippen LogP contribution in [0.1, 0.15) is 44.9 Å². The summed E-state index contributed by atoms with van der Waals surface area (Å²) < 4.78 is 0. The lowest BCUT2D eigenvalue weighted by Crippen LogP contribution is -2.28. The molecule has 1 aliphatic rings. The van der Waals surface area contributed by atoms with Crippen LogP contribution in [0.4, 0.5) is 5.82 Å². The van der Waals surface area contributed by atoms with Gasteiger partial charge in [0.2, 0.25) is 0 Å². The van der Waals surface area contributed by atoms with Gasteiger partial charge in [-0.05, 0) is 46.7 Å². The van der Waals surface area contributed by atoms with Crippen LogP contribution in [0.3, 0.4) is 0 Å². The molecule has 106 valence electrons. The standard InChI is InChI=1S/C14H24N4O/c1-10(2)18(3)8-4-7-15-12-9-13(19)17-14(16-12)11-5-6-11/h9-11H,4-8H2,1-3H3,(H2,15,16,17,19). The summed E-state index contributed by atoms with van der Waals surface area (Å²) in [4.78, 5) is 21.1. The van der Waals surface area contributed by atoms with Gasteiger partial charge in [-0.1, -0.05) is 0 Å². The molecule has 0 saturated heterocycles. The smallest absolute Gasteiger partial charge is 0.252 e. The minimum absolute atomic E-state index is 0.0568. The summed E-state index contributed by atoms with van der Waals surface area (Å²) in [6.07, 6.45) is 3.33. The minimum atomic E-state index is -0.0568. The molecule has 0 amide bonds. The van der Waals surface area contributed by atoms with E-state index in [1.807, 2.05) is 0 Å². The predicted molar refractivity (Wildman–Crippen MR) is 77.7 cm³/mol. The third-order valence-electron chi connectivity index (χ3n) is 3.60. The average molecular weight is 264 g/mol. The molecule has 0 radical (unpaired) electrons. The molecule has 1 aromatic rings. The first-order valence-electron chi connectivity index (χ1n) is 7.11. The van der Waals surface area contributed by atoms with Crippen LogP contribution < -0.4 is 10.9 Å². The molecule has 0 atom stereocenters. The van der Waals surface area contributed by atoms with Crippen molar-refractivity contribution in [2.75, 3.05) is 25.5 Å². The van der Waals surface area contributed by atoms with E-state index in [0.717, 1.165) is 38.2 Å². The zero-order chi connectivity index (χ0) is 13.8. The second-order valence-electron chi connectivity index (χ2n) is 5.64. The Hall–Kier alpha value is -1.36. The van der Waals surface area contributed by atoms with Crippen molar-refractivity contribution in [1.29, 1.82) is 0 Å². The molecule has 0 unspecified atom stereocenters. The average Bonchev–Trinajstić information content (AvgIpc) is 3.17. The first kappa shape index (κ1) is 14.1. The number of rotatable bonds is 7. The van der Waals surface area contributed by atoms with Gasteiger partial charge in [-0.2, -0.15) is 0 Å². The summed E-state index contributed by atoms with van der Waals surface area (Å²) in [5, 5.41) is 3.25. The summed E-state index contributed by atoms with van der Waals surface area (Å²) in [7, 11) is 2.13. The second kappa shape index (κ2) is 6.19. The third kappa shape index (κ3) is 4.35. The number of aromatic nitrogens is 2. The molecule has 1 saturated carbocycles. The Morgan fingerprint density at radius 3 is 2.89 bits per heavy atom. The summed E-state index contributed by atoms with van der Waals surface area (Å²) in [6, 6.07) is 2.11. The van der Waals surface area contributed by atoms with Gasteiger partial charge >= 0.3 is 0 Å². The maximum Gasteiger partial charge on any atom is 0.252 e. The molecule has 0 aromatic carbocycles. The zero-order valence-corrected chi connectivity index (χ0v) is 12.1. The molecule has 1 fully saturated rings. The molecule has 5 heteroatoms. The molecule has 2 rings (SSSR count). The highest BCUT2D eigenvalue weighted by Gasteiger charge is 2.26. The predicted octanol–water partition coefficient (Wildman–Crippen LogP) is 1.79. The quantitative estimate of drug-likeness (QED) is 0.737. The van der Waals surface area contributed by atoms with Crippen molar-refractivity contribution in [2.24, 2.45) is 0 Å². The van der Waals surface area contributed by atoms with Gasteiger partial charge in [-0.3, -0.25) is 4.79 Å². The molecular weight excluding hydrogens is 240 g/mol. The van der Waals surface area contributed by atoms with Crippen molar-refractivity contribution in [3.8, 4) is 0 Å². The van der Waals surface area contributed by atoms with E-state index in [1.165, 1.54) is 6.07 Å². The van der Waals surface area contributed by atoms with Crippen molar-refractivity contribution in [2.45, 2.75) is 45.1 Å². The SMILES string of the molecule is CC(C)N(C)CCCNc1cc(=O)[nH]c(C2CC2)n1. The van der Waals surface area contributed by atoms with E-state index in [2.05, 4.69) is 41.1 Å². The van der Waals surface area contributed by atoms with Crippen LogP contribution >= 0.6 is 0 Å². The van der Waals surface area contributed by atoms with Crippen LogP contribution in [0.2, 0.25) is 0 Å². The van der Waals surface area contributed by atoms with E-state index in [1.54, 1.807) is 0 Å². The lowest BCUT2D eigenvalue weighted by Gasteiger charge is -2.20. The fourth-order valence-electron chi connectivity index (χ4n) is 1.92. The Kier molecular flexibility index (Phi) is 4.58. The highest BCUT2D eigenvalue weighted by molar-refractivity contribution is 5.33. The second-order valence-corrected chi connectivity index (χ2v) is 5.64. The van der Waals surface area contributed by atoms with Crippen molar-refractivity contribution in [1.82, 2.24) is 14.9 Å². The van der Waals surface area contributed by atoms with Gasteiger partial charge in [0.15, 0.2) is 0 Å². The number of nitrogens with zero attached hydrogens (tertiary/aromatic N) is 2. The first-order valence-corrected chi connectivity index (χ1v) is 7.11. The van der Waals surface area contributed by atoms with Crippen molar-refractivity contribution >= 4 is 5.82 Å². The van der Waals surface area contributed by atoms with Crippen molar-refractivity contribution < 1.29 is 0 Å². The van der Waals surface area contributed by atoms with Crippen LogP contribution in [0, 0.1) is 0 Å². The summed E-state index contributed by atoms with van der Waals surface area (Å²) in [6.45, 7) is 6.27. The molecule has 1 aromatic heterocycles. The molecule has 1 heterocycles. The summed E-state index contributed by atoms with van der Waals surface area (Å²) in [5.74, 6) is 2.02. The van der Waals surface area contributed by atoms with E-state index in [4.69, 9.17) is 0 Å². The lowest BCUT2D eigenvalue weighted by molar-refractivity contribution is 0.273. The molecule has 0 spiro atoms. The van der Waals surface area contributed by atoms with Crippen LogP contribution in [0.15, 0.2) is 10.9 Å². The highest BCUT2D eigenvalue weighted by Crippen LogP contribution is 2.37. The van der Waals surface area contributed by atoms with Gasteiger partial charge in [0.1, 0.15) is 11.6 Å². The Balaban J connectivity index is 1.81. The topological polar surface area (TPSA) is 61.0 Å². The fourth-order valence-corrected chi connectivity index (χ4v) is 1.92. The zero-order valence-electron chi connectivity index (χ0n) is 12.1.